The van der Waals surface area contributed by atoms with E-state index in [9.17, 15) is 4.79 Å². The van der Waals surface area contributed by atoms with Gasteiger partial charge >= 0.3 is 6.01 Å². The van der Waals surface area contributed by atoms with Gasteiger partial charge in [0.25, 0.3) is 0 Å². The summed E-state index contributed by atoms with van der Waals surface area (Å²) in [4.78, 5) is 22.7. The maximum atomic E-state index is 12.4. The first kappa shape index (κ1) is 16.5. The largest absolute Gasteiger partial charge is 0.460 e. The minimum Gasteiger partial charge on any atom is -0.460 e. The van der Waals surface area contributed by atoms with E-state index in [0.29, 0.717) is 32.1 Å². The summed E-state index contributed by atoms with van der Waals surface area (Å²) >= 11 is 1.62. The van der Waals surface area contributed by atoms with Gasteiger partial charge in [-0.3, -0.25) is 4.79 Å². The van der Waals surface area contributed by atoms with E-state index in [2.05, 4.69) is 9.97 Å². The maximum Gasteiger partial charge on any atom is 0.316 e. The molecule has 25 heavy (non-hydrogen) atoms. The molecule has 132 valence electrons. The number of rotatable bonds is 4. The second kappa shape index (κ2) is 6.72. The van der Waals surface area contributed by atoms with Crippen molar-refractivity contribution in [3.63, 3.8) is 0 Å². The Bertz CT molecular complexity index is 744. The Kier molecular flexibility index (Phi) is 4.43. The molecule has 2 saturated heterocycles. The summed E-state index contributed by atoms with van der Waals surface area (Å²) in [6.45, 7) is 3.85. The molecule has 2 aromatic rings. The first-order valence-corrected chi connectivity index (χ1v) is 9.45. The molecule has 0 aliphatic carbocycles. The molecule has 2 aromatic heterocycles. The van der Waals surface area contributed by atoms with Crippen LogP contribution in [0.1, 0.15) is 24.1 Å². The first-order valence-electron chi connectivity index (χ1n) is 8.51. The predicted molar refractivity (Wildman–Crippen MR) is 93.7 cm³/mol. The fourth-order valence-corrected chi connectivity index (χ4v) is 4.11. The molecule has 7 heteroatoms. The molecule has 1 unspecified atom stereocenters. The van der Waals surface area contributed by atoms with Gasteiger partial charge in [0.05, 0.1) is 26.1 Å². The molecule has 1 atom stereocenters. The number of hydrogen-bond donors (Lipinski definition) is 0. The molecule has 2 fully saturated rings. The van der Waals surface area contributed by atoms with Crippen LogP contribution in [-0.2, 0) is 16.0 Å². The molecule has 1 amide bonds. The monoisotopic (exact) mass is 359 g/mol. The summed E-state index contributed by atoms with van der Waals surface area (Å²) in [5.41, 5.74) is 1.70. The third-order valence-corrected chi connectivity index (χ3v) is 5.47. The molecule has 0 N–H and O–H groups in total. The van der Waals surface area contributed by atoms with Gasteiger partial charge in [-0.25, -0.2) is 9.97 Å². The first-order chi connectivity index (χ1) is 12.1. The van der Waals surface area contributed by atoms with Gasteiger partial charge in [-0.2, -0.15) is 11.3 Å². The van der Waals surface area contributed by atoms with E-state index < -0.39 is 0 Å². The van der Waals surface area contributed by atoms with Crippen molar-refractivity contribution in [2.75, 3.05) is 19.7 Å². The zero-order valence-corrected chi connectivity index (χ0v) is 15.0. The van der Waals surface area contributed by atoms with Crippen LogP contribution in [0, 0.1) is 6.92 Å². The SMILES string of the molecule is Cc1ccnc(OC2CCOC3(C2)CN(C(=O)Cc2ccsc2)C3)n1. The van der Waals surface area contributed by atoms with E-state index in [4.69, 9.17) is 9.47 Å². The number of aromatic nitrogens is 2. The highest BCUT2D eigenvalue weighted by atomic mass is 32.1. The van der Waals surface area contributed by atoms with Crippen LogP contribution in [-0.4, -0.2) is 52.2 Å². The Morgan fingerprint density at radius 2 is 2.36 bits per heavy atom. The average molecular weight is 359 g/mol. The van der Waals surface area contributed by atoms with Crippen LogP contribution < -0.4 is 4.74 Å². The second-order valence-electron chi connectivity index (χ2n) is 6.80. The van der Waals surface area contributed by atoms with E-state index in [1.165, 1.54) is 0 Å². The lowest BCUT2D eigenvalue weighted by Gasteiger charge is -2.52. The highest BCUT2D eigenvalue weighted by molar-refractivity contribution is 7.08. The van der Waals surface area contributed by atoms with Crippen LogP contribution in [0.4, 0.5) is 0 Å². The minimum absolute atomic E-state index is 0.0321. The lowest BCUT2D eigenvalue weighted by molar-refractivity contribution is -0.193. The van der Waals surface area contributed by atoms with E-state index in [1.54, 1.807) is 17.5 Å². The van der Waals surface area contributed by atoms with Crippen molar-refractivity contribution in [1.29, 1.82) is 0 Å². The van der Waals surface area contributed by atoms with Gasteiger partial charge in [0.15, 0.2) is 0 Å². The highest BCUT2D eigenvalue weighted by Crippen LogP contribution is 2.35. The Morgan fingerprint density at radius 1 is 1.48 bits per heavy atom. The smallest absolute Gasteiger partial charge is 0.316 e. The molecule has 4 heterocycles. The molecule has 0 radical (unpaired) electrons. The molecular weight excluding hydrogens is 338 g/mol. The fourth-order valence-electron chi connectivity index (χ4n) is 3.44. The number of aryl methyl sites for hydroxylation is 1. The summed E-state index contributed by atoms with van der Waals surface area (Å²) in [7, 11) is 0. The van der Waals surface area contributed by atoms with Crippen molar-refractivity contribution in [2.45, 2.75) is 37.9 Å². The molecule has 6 nitrogen and oxygen atoms in total. The summed E-state index contributed by atoms with van der Waals surface area (Å²) in [5.74, 6) is 0.165. The van der Waals surface area contributed by atoms with Crippen molar-refractivity contribution < 1.29 is 14.3 Å². The molecule has 4 rings (SSSR count). The molecule has 0 saturated carbocycles. The summed E-state index contributed by atoms with van der Waals surface area (Å²) < 4.78 is 11.9. The number of thiophene rings is 1. The Balaban J connectivity index is 1.32. The quantitative estimate of drug-likeness (QED) is 0.838. The third-order valence-electron chi connectivity index (χ3n) is 4.74. The number of amides is 1. The van der Waals surface area contributed by atoms with Crippen LogP contribution in [0.3, 0.4) is 0 Å². The lowest BCUT2D eigenvalue weighted by Crippen LogP contribution is -2.67. The Labute approximate surface area is 150 Å². The van der Waals surface area contributed by atoms with E-state index >= 15 is 0 Å². The normalized spacial score (nSPS) is 21.8. The molecule has 0 bridgehead atoms. The predicted octanol–water partition coefficient (Wildman–Crippen LogP) is 2.23. The van der Waals surface area contributed by atoms with Gasteiger partial charge in [0, 0.05) is 24.7 Å². The van der Waals surface area contributed by atoms with Crippen molar-refractivity contribution in [1.82, 2.24) is 14.9 Å². The van der Waals surface area contributed by atoms with Gasteiger partial charge in [-0.05, 0) is 35.4 Å². The number of carbonyl (C=O) groups is 1. The topological polar surface area (TPSA) is 64.6 Å². The van der Waals surface area contributed by atoms with Gasteiger partial charge < -0.3 is 14.4 Å². The van der Waals surface area contributed by atoms with Crippen LogP contribution >= 0.6 is 11.3 Å². The Hall–Kier alpha value is -1.99. The average Bonchev–Trinajstić information content (AvgIpc) is 3.05. The number of likely N-dealkylation sites (tertiary alicyclic amines) is 1. The van der Waals surface area contributed by atoms with Gasteiger partial charge in [-0.15, -0.1) is 0 Å². The van der Waals surface area contributed by atoms with E-state index in [-0.39, 0.29) is 17.6 Å². The number of nitrogens with zero attached hydrogens (tertiary/aromatic N) is 3. The number of carbonyl (C=O) groups excluding carboxylic acids is 1. The lowest BCUT2D eigenvalue weighted by atomic mass is 9.84. The van der Waals surface area contributed by atoms with Gasteiger partial charge in [0.1, 0.15) is 11.7 Å². The minimum atomic E-state index is -0.267. The Morgan fingerprint density at radius 3 is 3.12 bits per heavy atom. The van der Waals surface area contributed by atoms with Crippen molar-refractivity contribution in [3.05, 3.63) is 40.3 Å². The summed E-state index contributed by atoms with van der Waals surface area (Å²) in [6.07, 6.45) is 3.80. The summed E-state index contributed by atoms with van der Waals surface area (Å²) in [6, 6.07) is 4.27. The molecule has 2 aliphatic rings. The van der Waals surface area contributed by atoms with E-state index in [1.807, 2.05) is 34.7 Å². The van der Waals surface area contributed by atoms with Crippen molar-refractivity contribution in [2.24, 2.45) is 0 Å². The summed E-state index contributed by atoms with van der Waals surface area (Å²) in [5, 5.41) is 4.02. The van der Waals surface area contributed by atoms with Crippen molar-refractivity contribution >= 4 is 17.2 Å². The fraction of sp³-hybridized carbons (Fsp3) is 0.500. The van der Waals surface area contributed by atoms with Crippen LogP contribution in [0.15, 0.2) is 29.1 Å². The standard InChI is InChI=1S/C18H21N3O3S/c1-13-2-5-19-17(20-13)24-15-3-6-23-18(9-15)11-21(12-18)16(22)8-14-4-7-25-10-14/h2,4-5,7,10,15H,3,6,8-9,11-12H2,1H3. The number of hydrogen-bond acceptors (Lipinski definition) is 6. The third kappa shape index (κ3) is 3.67. The highest BCUT2D eigenvalue weighted by Gasteiger charge is 2.49. The number of ether oxygens (including phenoxy) is 2. The van der Waals surface area contributed by atoms with Crippen LogP contribution in [0.5, 0.6) is 6.01 Å². The molecule has 2 aliphatic heterocycles. The molecule has 0 aromatic carbocycles. The van der Waals surface area contributed by atoms with Crippen molar-refractivity contribution in [3.8, 4) is 6.01 Å². The van der Waals surface area contributed by atoms with E-state index in [0.717, 1.165) is 24.1 Å². The van der Waals surface area contributed by atoms with Gasteiger partial charge in [0.2, 0.25) is 5.91 Å². The van der Waals surface area contributed by atoms with Crippen LogP contribution in [0.2, 0.25) is 0 Å². The second-order valence-corrected chi connectivity index (χ2v) is 7.58. The zero-order valence-electron chi connectivity index (χ0n) is 14.2. The maximum absolute atomic E-state index is 12.4. The zero-order chi connectivity index (χ0) is 17.3. The molecular formula is C18H21N3O3S. The van der Waals surface area contributed by atoms with Crippen LogP contribution in [0.25, 0.3) is 0 Å². The van der Waals surface area contributed by atoms with Gasteiger partial charge in [-0.1, -0.05) is 0 Å². The molecule has 1 spiro atoms.